The number of nitrogens with zero attached hydrogens (tertiary/aromatic N) is 1. The number of nitrogens with one attached hydrogen (secondary N) is 1. The first-order chi connectivity index (χ1) is 9.54. The highest BCUT2D eigenvalue weighted by molar-refractivity contribution is 6.33. The Morgan fingerprint density at radius 2 is 1.75 bits per heavy atom. The zero-order chi connectivity index (χ0) is 14.5. The van der Waals surface area contributed by atoms with Crippen LogP contribution in [0.2, 0.25) is 10.3 Å². The molecule has 0 aliphatic heterocycles. The van der Waals surface area contributed by atoms with Gasteiger partial charge in [-0.15, -0.1) is 0 Å². The normalized spacial score (nSPS) is 10.3. The molecule has 1 aromatic heterocycles. The van der Waals surface area contributed by atoms with Crippen molar-refractivity contribution < 1.29 is 9.90 Å². The van der Waals surface area contributed by atoms with Gasteiger partial charge in [0, 0.05) is 12.1 Å². The number of benzene rings is 1. The van der Waals surface area contributed by atoms with E-state index < -0.39 is 0 Å². The molecule has 2 N–H and O–H groups in total. The number of halogens is 2. The molecule has 0 aliphatic carbocycles. The SMILES string of the molecule is O=C(NCCc1ccc(O)cc1)c1cc(Cl)nc(Cl)c1. The van der Waals surface area contributed by atoms with Crippen LogP contribution in [0.1, 0.15) is 15.9 Å². The highest BCUT2D eigenvalue weighted by atomic mass is 35.5. The van der Waals surface area contributed by atoms with Gasteiger partial charge >= 0.3 is 0 Å². The van der Waals surface area contributed by atoms with Crippen molar-refractivity contribution in [1.29, 1.82) is 0 Å². The number of aromatic hydroxyl groups is 1. The van der Waals surface area contributed by atoms with Gasteiger partial charge in [0.2, 0.25) is 0 Å². The fourth-order valence-corrected chi connectivity index (χ4v) is 2.14. The van der Waals surface area contributed by atoms with Gasteiger partial charge in [0.15, 0.2) is 0 Å². The third-order valence-electron chi connectivity index (χ3n) is 2.66. The second-order valence-corrected chi connectivity index (χ2v) is 4.95. The summed E-state index contributed by atoms with van der Waals surface area (Å²) >= 11 is 11.5. The van der Waals surface area contributed by atoms with Crippen molar-refractivity contribution in [2.45, 2.75) is 6.42 Å². The first-order valence-corrected chi connectivity index (χ1v) is 6.69. The molecule has 0 bridgehead atoms. The van der Waals surface area contributed by atoms with Crippen molar-refractivity contribution >= 4 is 29.1 Å². The second kappa shape index (κ2) is 6.59. The smallest absolute Gasteiger partial charge is 0.251 e. The molecule has 4 nitrogen and oxygen atoms in total. The minimum absolute atomic E-state index is 0.182. The molecule has 20 heavy (non-hydrogen) atoms. The fourth-order valence-electron chi connectivity index (χ4n) is 1.68. The topological polar surface area (TPSA) is 62.2 Å². The lowest BCUT2D eigenvalue weighted by molar-refractivity contribution is 0.0954. The van der Waals surface area contributed by atoms with Crippen LogP contribution in [0.25, 0.3) is 0 Å². The maximum Gasteiger partial charge on any atom is 0.251 e. The zero-order valence-corrected chi connectivity index (χ0v) is 11.9. The lowest BCUT2D eigenvalue weighted by atomic mass is 10.1. The van der Waals surface area contributed by atoms with Crippen molar-refractivity contribution in [2.24, 2.45) is 0 Å². The summed E-state index contributed by atoms with van der Waals surface area (Å²) < 4.78 is 0. The Kier molecular flexibility index (Phi) is 4.82. The minimum Gasteiger partial charge on any atom is -0.508 e. The van der Waals surface area contributed by atoms with Crippen LogP contribution in [0.3, 0.4) is 0 Å². The van der Waals surface area contributed by atoms with E-state index >= 15 is 0 Å². The fraction of sp³-hybridized carbons (Fsp3) is 0.143. The molecule has 6 heteroatoms. The summed E-state index contributed by atoms with van der Waals surface area (Å²) in [6.07, 6.45) is 0.665. The van der Waals surface area contributed by atoms with Crippen LogP contribution in [0, 0.1) is 0 Å². The van der Waals surface area contributed by atoms with Crippen LogP contribution in [0.5, 0.6) is 5.75 Å². The highest BCUT2D eigenvalue weighted by Crippen LogP contribution is 2.14. The van der Waals surface area contributed by atoms with Gasteiger partial charge in [0.1, 0.15) is 16.1 Å². The number of amides is 1. The molecular weight excluding hydrogens is 299 g/mol. The second-order valence-electron chi connectivity index (χ2n) is 4.17. The first kappa shape index (κ1) is 14.6. The Hall–Kier alpha value is -1.78. The molecule has 1 heterocycles. The van der Waals surface area contributed by atoms with Crippen molar-refractivity contribution in [3.63, 3.8) is 0 Å². The summed E-state index contributed by atoms with van der Waals surface area (Å²) in [6, 6.07) is 9.76. The molecule has 0 spiro atoms. The highest BCUT2D eigenvalue weighted by Gasteiger charge is 2.08. The van der Waals surface area contributed by atoms with Gasteiger partial charge in [-0.2, -0.15) is 0 Å². The van der Waals surface area contributed by atoms with E-state index in [4.69, 9.17) is 23.2 Å². The van der Waals surface area contributed by atoms with E-state index in [1.54, 1.807) is 12.1 Å². The molecule has 1 amide bonds. The van der Waals surface area contributed by atoms with Crippen LogP contribution >= 0.6 is 23.2 Å². The van der Waals surface area contributed by atoms with Crippen molar-refractivity contribution in [1.82, 2.24) is 10.3 Å². The van der Waals surface area contributed by atoms with Crippen molar-refractivity contribution in [3.05, 3.63) is 57.8 Å². The zero-order valence-electron chi connectivity index (χ0n) is 10.4. The summed E-state index contributed by atoms with van der Waals surface area (Å²) in [5.74, 6) is -0.0335. The quantitative estimate of drug-likeness (QED) is 0.853. The van der Waals surface area contributed by atoms with Gasteiger partial charge in [-0.1, -0.05) is 35.3 Å². The number of hydrogen-bond acceptors (Lipinski definition) is 3. The van der Waals surface area contributed by atoms with E-state index in [0.29, 0.717) is 18.5 Å². The number of phenols is 1. The number of hydrogen-bond donors (Lipinski definition) is 2. The lowest BCUT2D eigenvalue weighted by Gasteiger charge is -2.06. The van der Waals surface area contributed by atoms with E-state index in [-0.39, 0.29) is 22.0 Å². The molecule has 0 radical (unpaired) electrons. The molecule has 0 saturated carbocycles. The Labute approximate surface area is 126 Å². The molecule has 0 unspecified atom stereocenters. The summed E-state index contributed by atoms with van der Waals surface area (Å²) in [6.45, 7) is 0.473. The van der Waals surface area contributed by atoms with Gasteiger partial charge in [0.25, 0.3) is 5.91 Å². The number of phenolic OH excluding ortho intramolecular Hbond substituents is 1. The number of rotatable bonds is 4. The Morgan fingerprint density at radius 1 is 1.15 bits per heavy atom. The van der Waals surface area contributed by atoms with E-state index in [9.17, 15) is 9.90 Å². The number of aromatic nitrogens is 1. The van der Waals surface area contributed by atoms with E-state index in [0.717, 1.165) is 5.56 Å². The molecule has 104 valence electrons. The van der Waals surface area contributed by atoms with Gasteiger partial charge in [-0.25, -0.2) is 4.98 Å². The Morgan fingerprint density at radius 3 is 2.35 bits per heavy atom. The Balaban J connectivity index is 1.90. The summed E-state index contributed by atoms with van der Waals surface area (Å²) in [5, 5.41) is 12.3. The Bertz CT molecular complexity index is 595. The summed E-state index contributed by atoms with van der Waals surface area (Å²) in [5.41, 5.74) is 1.40. The molecule has 2 aromatic rings. The van der Waals surface area contributed by atoms with Crippen LogP contribution in [-0.4, -0.2) is 22.5 Å². The lowest BCUT2D eigenvalue weighted by Crippen LogP contribution is -2.25. The standard InChI is InChI=1S/C14H12Cl2N2O2/c15-12-7-10(8-13(16)18-12)14(20)17-6-5-9-1-3-11(19)4-2-9/h1-4,7-8,19H,5-6H2,(H,17,20). The van der Waals surface area contributed by atoms with Gasteiger partial charge in [-0.3, -0.25) is 4.79 Å². The molecule has 0 saturated heterocycles. The maximum absolute atomic E-state index is 11.9. The minimum atomic E-state index is -0.255. The molecular formula is C14H12Cl2N2O2. The summed E-state index contributed by atoms with van der Waals surface area (Å²) in [4.78, 5) is 15.7. The van der Waals surface area contributed by atoms with Crippen LogP contribution in [0.4, 0.5) is 0 Å². The van der Waals surface area contributed by atoms with Gasteiger partial charge < -0.3 is 10.4 Å². The number of pyridine rings is 1. The molecule has 1 aromatic carbocycles. The van der Waals surface area contributed by atoms with Crippen LogP contribution < -0.4 is 5.32 Å². The number of carbonyl (C=O) groups excluding carboxylic acids is 1. The predicted molar refractivity (Wildman–Crippen MR) is 78.4 cm³/mol. The number of carbonyl (C=O) groups is 1. The average Bonchev–Trinajstić information content (AvgIpc) is 2.40. The van der Waals surface area contributed by atoms with Crippen LogP contribution in [-0.2, 0) is 6.42 Å². The van der Waals surface area contributed by atoms with Crippen LogP contribution in [0.15, 0.2) is 36.4 Å². The van der Waals surface area contributed by atoms with Gasteiger partial charge in [-0.05, 0) is 36.2 Å². The maximum atomic E-state index is 11.9. The van der Waals surface area contributed by atoms with Crippen molar-refractivity contribution in [2.75, 3.05) is 6.54 Å². The third-order valence-corrected chi connectivity index (χ3v) is 3.05. The predicted octanol–water partition coefficient (Wildman–Crippen LogP) is 3.07. The molecule has 0 fully saturated rings. The average molecular weight is 311 g/mol. The summed E-state index contributed by atoms with van der Waals surface area (Å²) in [7, 11) is 0. The van der Waals surface area contributed by atoms with E-state index in [2.05, 4.69) is 10.3 Å². The van der Waals surface area contributed by atoms with E-state index in [1.165, 1.54) is 12.1 Å². The monoisotopic (exact) mass is 310 g/mol. The molecule has 2 rings (SSSR count). The third kappa shape index (κ3) is 4.11. The first-order valence-electron chi connectivity index (χ1n) is 5.94. The van der Waals surface area contributed by atoms with Crippen molar-refractivity contribution in [3.8, 4) is 5.75 Å². The molecule has 0 aliphatic rings. The largest absolute Gasteiger partial charge is 0.508 e. The van der Waals surface area contributed by atoms with E-state index in [1.807, 2.05) is 12.1 Å². The molecule has 0 atom stereocenters. The van der Waals surface area contributed by atoms with Gasteiger partial charge in [0.05, 0.1) is 0 Å².